The molecule has 0 radical (unpaired) electrons. The van der Waals surface area contributed by atoms with Crippen LogP contribution in [-0.2, 0) is 10.3 Å². The molecule has 0 aliphatic heterocycles. The third-order valence-corrected chi connectivity index (χ3v) is 4.49. The molecule has 0 spiro atoms. The minimum atomic E-state index is -0.960. The highest BCUT2D eigenvalue weighted by Gasteiger charge is 2.33. The van der Waals surface area contributed by atoms with Crippen LogP contribution in [-0.4, -0.2) is 26.8 Å². The number of carbonyl (C=O) groups excluding carboxylic acids is 1. The topological polar surface area (TPSA) is 84.2 Å². The lowest BCUT2D eigenvalue weighted by molar-refractivity contribution is -0.137. The largest absolute Gasteiger partial charge is 0.481 e. The van der Waals surface area contributed by atoms with Crippen LogP contribution in [0.3, 0.4) is 0 Å². The predicted octanol–water partition coefficient (Wildman–Crippen LogP) is 3.46. The molecule has 1 amide bonds. The third kappa shape index (κ3) is 4.12. The van der Waals surface area contributed by atoms with Crippen LogP contribution in [0.2, 0.25) is 0 Å². The minimum Gasteiger partial charge on any atom is -0.481 e. The van der Waals surface area contributed by atoms with Crippen molar-refractivity contribution in [2.24, 2.45) is 0 Å². The Kier molecular flexibility index (Phi) is 4.85. The van der Waals surface area contributed by atoms with Gasteiger partial charge in [0.25, 0.3) is 5.91 Å². The van der Waals surface area contributed by atoms with Gasteiger partial charge in [0.2, 0.25) is 0 Å². The Bertz CT molecular complexity index is 801. The van der Waals surface area contributed by atoms with E-state index in [0.717, 1.165) is 24.1 Å². The molecule has 6 heteroatoms. The summed E-state index contributed by atoms with van der Waals surface area (Å²) in [6.45, 7) is 6.18. The number of rotatable bonds is 6. The number of amides is 1. The molecule has 2 N–H and O–H groups in total. The van der Waals surface area contributed by atoms with E-state index < -0.39 is 12.0 Å². The van der Waals surface area contributed by atoms with Crippen LogP contribution >= 0.6 is 0 Å². The van der Waals surface area contributed by atoms with Gasteiger partial charge in [0.1, 0.15) is 5.69 Å². The molecule has 1 aliphatic carbocycles. The molecule has 138 valence electrons. The molecule has 1 heterocycles. The van der Waals surface area contributed by atoms with Crippen molar-refractivity contribution in [3.63, 3.8) is 0 Å². The number of carbonyl (C=O) groups is 2. The van der Waals surface area contributed by atoms with Crippen molar-refractivity contribution in [2.45, 2.75) is 57.5 Å². The Morgan fingerprint density at radius 2 is 1.92 bits per heavy atom. The van der Waals surface area contributed by atoms with E-state index in [1.807, 2.05) is 41.1 Å². The van der Waals surface area contributed by atoms with Gasteiger partial charge < -0.3 is 10.4 Å². The molecule has 1 fully saturated rings. The Balaban J connectivity index is 1.85. The maximum absolute atomic E-state index is 12.8. The zero-order valence-electron chi connectivity index (χ0n) is 15.4. The van der Waals surface area contributed by atoms with Crippen molar-refractivity contribution in [3.05, 3.63) is 53.3 Å². The number of hydrogen-bond donors (Lipinski definition) is 2. The summed E-state index contributed by atoms with van der Waals surface area (Å²) >= 11 is 0. The summed E-state index contributed by atoms with van der Waals surface area (Å²) in [5, 5.41) is 16.6. The second-order valence-corrected chi connectivity index (χ2v) is 7.85. The molecule has 3 rings (SSSR count). The van der Waals surface area contributed by atoms with Gasteiger partial charge in [0.05, 0.1) is 18.0 Å². The number of aliphatic carboxylic acids is 1. The van der Waals surface area contributed by atoms with E-state index in [9.17, 15) is 14.7 Å². The highest BCUT2D eigenvalue weighted by Crippen LogP contribution is 2.41. The molecular formula is C20H25N3O3. The summed E-state index contributed by atoms with van der Waals surface area (Å²) in [4.78, 5) is 24.0. The van der Waals surface area contributed by atoms with Crippen LogP contribution < -0.4 is 5.32 Å². The fourth-order valence-electron chi connectivity index (χ4n) is 3.06. The summed E-state index contributed by atoms with van der Waals surface area (Å²) in [6.07, 6.45) is 2.06. The molecular weight excluding hydrogens is 330 g/mol. The summed E-state index contributed by atoms with van der Waals surface area (Å²) in [7, 11) is 0. The smallest absolute Gasteiger partial charge is 0.305 e. The molecule has 0 saturated heterocycles. The van der Waals surface area contributed by atoms with Crippen molar-refractivity contribution in [2.75, 3.05) is 0 Å². The molecule has 1 unspecified atom stereocenters. The number of nitrogens with one attached hydrogen (secondary N) is 1. The standard InChI is InChI=1S/C20H25N3O3/c1-20(2,3)23-17(14-9-10-14)11-16(22-23)19(26)21-15(12-18(24)25)13-7-5-4-6-8-13/h4-8,11,14-15H,9-10,12H2,1-3H3,(H,21,26)(H,24,25). The number of aromatic nitrogens is 2. The van der Waals surface area contributed by atoms with E-state index in [4.69, 9.17) is 0 Å². The van der Waals surface area contributed by atoms with E-state index in [0.29, 0.717) is 11.6 Å². The quantitative estimate of drug-likeness (QED) is 0.831. The van der Waals surface area contributed by atoms with Crippen LogP contribution in [0.5, 0.6) is 0 Å². The van der Waals surface area contributed by atoms with Gasteiger partial charge in [-0.15, -0.1) is 0 Å². The van der Waals surface area contributed by atoms with Gasteiger partial charge in [-0.05, 0) is 45.2 Å². The first-order valence-electron chi connectivity index (χ1n) is 8.94. The van der Waals surface area contributed by atoms with Gasteiger partial charge >= 0.3 is 5.97 Å². The van der Waals surface area contributed by atoms with Crippen molar-refractivity contribution in [3.8, 4) is 0 Å². The molecule has 1 aromatic carbocycles. The second kappa shape index (κ2) is 6.94. The second-order valence-electron chi connectivity index (χ2n) is 7.85. The number of carboxylic acid groups (broad SMARTS) is 1. The fraction of sp³-hybridized carbons (Fsp3) is 0.450. The van der Waals surface area contributed by atoms with Gasteiger partial charge in [-0.1, -0.05) is 30.3 Å². The van der Waals surface area contributed by atoms with E-state index in [-0.39, 0.29) is 17.9 Å². The molecule has 1 atom stereocenters. The summed E-state index contributed by atoms with van der Waals surface area (Å²) in [5.74, 6) is -0.838. The van der Waals surface area contributed by atoms with Crippen molar-refractivity contribution >= 4 is 11.9 Å². The average Bonchev–Trinajstić information content (AvgIpc) is 3.31. The van der Waals surface area contributed by atoms with E-state index >= 15 is 0 Å². The van der Waals surface area contributed by atoms with Gasteiger partial charge in [-0.3, -0.25) is 14.3 Å². The first-order valence-corrected chi connectivity index (χ1v) is 8.94. The molecule has 1 aliphatic rings. The number of nitrogens with zero attached hydrogens (tertiary/aromatic N) is 2. The third-order valence-electron chi connectivity index (χ3n) is 4.49. The van der Waals surface area contributed by atoms with Crippen molar-refractivity contribution in [1.82, 2.24) is 15.1 Å². The Morgan fingerprint density at radius 3 is 2.46 bits per heavy atom. The lowest BCUT2D eigenvalue weighted by Crippen LogP contribution is -2.31. The monoisotopic (exact) mass is 355 g/mol. The normalized spacial score (nSPS) is 15.5. The SMILES string of the molecule is CC(C)(C)n1nc(C(=O)NC(CC(=O)O)c2ccccc2)cc1C1CC1. The van der Waals surface area contributed by atoms with E-state index in [1.165, 1.54) is 0 Å². The molecule has 1 saturated carbocycles. The van der Waals surface area contributed by atoms with Gasteiger partial charge in [-0.25, -0.2) is 0 Å². The van der Waals surface area contributed by atoms with Gasteiger partial charge in [0.15, 0.2) is 0 Å². The molecule has 2 aromatic rings. The van der Waals surface area contributed by atoms with E-state index in [1.54, 1.807) is 0 Å². The molecule has 26 heavy (non-hydrogen) atoms. The highest BCUT2D eigenvalue weighted by molar-refractivity contribution is 5.93. The number of hydrogen-bond acceptors (Lipinski definition) is 3. The molecule has 0 bridgehead atoms. The van der Waals surface area contributed by atoms with E-state index in [2.05, 4.69) is 31.2 Å². The predicted molar refractivity (Wildman–Crippen MR) is 98.1 cm³/mol. The Labute approximate surface area is 153 Å². The molecule has 6 nitrogen and oxygen atoms in total. The maximum Gasteiger partial charge on any atom is 0.305 e. The van der Waals surface area contributed by atoms with Crippen LogP contribution in [0.1, 0.15) is 73.7 Å². The van der Waals surface area contributed by atoms with Crippen LogP contribution in [0.25, 0.3) is 0 Å². The van der Waals surface area contributed by atoms with Crippen LogP contribution in [0, 0.1) is 0 Å². The van der Waals surface area contributed by atoms with Crippen molar-refractivity contribution in [1.29, 1.82) is 0 Å². The first-order chi connectivity index (χ1) is 12.3. The Morgan fingerprint density at radius 1 is 1.27 bits per heavy atom. The van der Waals surface area contributed by atoms with Crippen LogP contribution in [0.4, 0.5) is 0 Å². The lowest BCUT2D eigenvalue weighted by atomic mass is 10.0. The van der Waals surface area contributed by atoms with Crippen molar-refractivity contribution < 1.29 is 14.7 Å². The highest BCUT2D eigenvalue weighted by atomic mass is 16.4. The summed E-state index contributed by atoms with van der Waals surface area (Å²) in [6, 6.07) is 10.4. The fourth-order valence-corrected chi connectivity index (χ4v) is 3.06. The number of benzene rings is 1. The first kappa shape index (κ1) is 18.2. The number of carboxylic acids is 1. The van der Waals surface area contributed by atoms with Gasteiger partial charge in [-0.2, -0.15) is 5.10 Å². The minimum absolute atomic E-state index is 0.175. The van der Waals surface area contributed by atoms with Crippen LogP contribution in [0.15, 0.2) is 36.4 Å². The maximum atomic E-state index is 12.8. The zero-order valence-corrected chi connectivity index (χ0v) is 15.4. The zero-order chi connectivity index (χ0) is 18.9. The Hall–Kier alpha value is -2.63. The molecule has 1 aromatic heterocycles. The lowest BCUT2D eigenvalue weighted by Gasteiger charge is -2.22. The summed E-state index contributed by atoms with van der Waals surface area (Å²) in [5.41, 5.74) is 1.97. The average molecular weight is 355 g/mol. The van der Waals surface area contributed by atoms with Gasteiger partial charge in [0, 0.05) is 11.6 Å². The summed E-state index contributed by atoms with van der Waals surface area (Å²) < 4.78 is 1.92.